The number of fused-ring (bicyclic) bond motifs is 1. The van der Waals surface area contributed by atoms with Gasteiger partial charge in [0.2, 0.25) is 0 Å². The molecule has 0 aliphatic heterocycles. The highest BCUT2D eigenvalue weighted by Crippen LogP contribution is 2.29. The van der Waals surface area contributed by atoms with E-state index in [0.29, 0.717) is 5.15 Å². The lowest BCUT2D eigenvalue weighted by Gasteiger charge is -2.06. The minimum Gasteiger partial charge on any atom is -0.248 e. The molecule has 5 heteroatoms. The molecule has 0 unspecified atom stereocenters. The summed E-state index contributed by atoms with van der Waals surface area (Å²) in [6.45, 7) is 4.84. The van der Waals surface area contributed by atoms with Gasteiger partial charge in [-0.05, 0) is 43.2 Å². The van der Waals surface area contributed by atoms with Crippen LogP contribution in [0.25, 0.3) is 22.2 Å². The van der Waals surface area contributed by atoms with Crippen LogP contribution in [0.1, 0.15) is 12.6 Å². The molecule has 0 bridgehead atoms. The largest absolute Gasteiger partial charge is 0.248 e. The van der Waals surface area contributed by atoms with Crippen molar-refractivity contribution in [2.24, 2.45) is 0 Å². The zero-order valence-electron chi connectivity index (χ0n) is 10.8. The fraction of sp³-hybridized carbons (Fsp3) is 0.214. The lowest BCUT2D eigenvalue weighted by Crippen LogP contribution is -1.98. The number of nitrogens with zero attached hydrogens (tertiary/aromatic N) is 4. The van der Waals surface area contributed by atoms with E-state index in [1.165, 1.54) is 0 Å². The minimum absolute atomic E-state index is 0.489. The van der Waals surface area contributed by atoms with E-state index in [2.05, 4.69) is 28.1 Å². The number of rotatable bonds is 2. The van der Waals surface area contributed by atoms with Gasteiger partial charge in [-0.2, -0.15) is 5.10 Å². The van der Waals surface area contributed by atoms with Crippen molar-refractivity contribution < 1.29 is 0 Å². The maximum atomic E-state index is 5.97. The molecule has 3 aromatic heterocycles. The summed E-state index contributed by atoms with van der Waals surface area (Å²) >= 11 is 5.97. The number of pyridine rings is 2. The molecule has 0 N–H and O–H groups in total. The molecule has 0 saturated carbocycles. The lowest BCUT2D eigenvalue weighted by molar-refractivity contribution is 0.676. The van der Waals surface area contributed by atoms with Crippen molar-refractivity contribution in [2.45, 2.75) is 20.4 Å². The fourth-order valence-corrected chi connectivity index (χ4v) is 2.39. The molecule has 0 aromatic carbocycles. The second kappa shape index (κ2) is 4.63. The SMILES string of the molecule is CCn1ncc2c(-c3ccnc(Cl)c3)cc(C)nc21. The summed E-state index contributed by atoms with van der Waals surface area (Å²) in [6, 6.07) is 5.86. The molecule has 0 aliphatic rings. The van der Waals surface area contributed by atoms with Crippen molar-refractivity contribution in [1.82, 2.24) is 19.7 Å². The van der Waals surface area contributed by atoms with Crippen molar-refractivity contribution in [3.63, 3.8) is 0 Å². The highest BCUT2D eigenvalue weighted by Gasteiger charge is 2.11. The topological polar surface area (TPSA) is 43.6 Å². The molecule has 19 heavy (non-hydrogen) atoms. The van der Waals surface area contributed by atoms with E-state index < -0.39 is 0 Å². The monoisotopic (exact) mass is 272 g/mol. The first-order valence-electron chi connectivity index (χ1n) is 6.14. The molecule has 0 fully saturated rings. The first-order chi connectivity index (χ1) is 9.19. The first kappa shape index (κ1) is 12.1. The molecule has 0 radical (unpaired) electrons. The fourth-order valence-electron chi connectivity index (χ4n) is 2.21. The van der Waals surface area contributed by atoms with Crippen LogP contribution in [-0.4, -0.2) is 19.7 Å². The van der Waals surface area contributed by atoms with Gasteiger partial charge in [0.1, 0.15) is 5.15 Å². The Bertz CT molecular complexity index is 748. The van der Waals surface area contributed by atoms with E-state index >= 15 is 0 Å². The number of hydrogen-bond donors (Lipinski definition) is 0. The number of halogens is 1. The standard InChI is InChI=1S/C14H13ClN4/c1-3-19-14-12(8-17-19)11(6-9(2)18-14)10-4-5-16-13(15)7-10/h4-8H,3H2,1-2H3. The zero-order valence-corrected chi connectivity index (χ0v) is 11.5. The van der Waals surface area contributed by atoms with E-state index in [9.17, 15) is 0 Å². The molecule has 96 valence electrons. The second-order valence-corrected chi connectivity index (χ2v) is 4.76. The summed E-state index contributed by atoms with van der Waals surface area (Å²) in [6.07, 6.45) is 3.57. The van der Waals surface area contributed by atoms with Gasteiger partial charge in [-0.1, -0.05) is 11.6 Å². The molecule has 0 aliphatic carbocycles. The van der Waals surface area contributed by atoms with Gasteiger partial charge in [0.15, 0.2) is 5.65 Å². The Kier molecular flexibility index (Phi) is 2.95. The van der Waals surface area contributed by atoms with Gasteiger partial charge >= 0.3 is 0 Å². The van der Waals surface area contributed by atoms with Crippen LogP contribution in [-0.2, 0) is 6.54 Å². The number of aryl methyl sites for hydroxylation is 2. The van der Waals surface area contributed by atoms with Crippen LogP contribution in [0.2, 0.25) is 5.15 Å². The summed E-state index contributed by atoms with van der Waals surface area (Å²) in [5, 5.41) is 5.89. The summed E-state index contributed by atoms with van der Waals surface area (Å²) in [5.41, 5.74) is 3.99. The van der Waals surface area contributed by atoms with E-state index in [1.807, 2.05) is 29.9 Å². The minimum atomic E-state index is 0.489. The van der Waals surface area contributed by atoms with E-state index in [4.69, 9.17) is 11.6 Å². The van der Waals surface area contributed by atoms with Crippen LogP contribution in [0.5, 0.6) is 0 Å². The van der Waals surface area contributed by atoms with Crippen LogP contribution < -0.4 is 0 Å². The van der Waals surface area contributed by atoms with Crippen molar-refractivity contribution in [1.29, 1.82) is 0 Å². The maximum Gasteiger partial charge on any atom is 0.158 e. The molecule has 3 heterocycles. The average molecular weight is 273 g/mol. The molecule has 3 rings (SSSR count). The smallest absolute Gasteiger partial charge is 0.158 e. The van der Waals surface area contributed by atoms with Gasteiger partial charge in [-0.25, -0.2) is 14.6 Å². The third-order valence-electron chi connectivity index (χ3n) is 3.07. The van der Waals surface area contributed by atoms with Crippen LogP contribution in [0, 0.1) is 6.92 Å². The summed E-state index contributed by atoms with van der Waals surface area (Å²) in [4.78, 5) is 8.59. The Labute approximate surface area is 116 Å². The van der Waals surface area contributed by atoms with Crippen LogP contribution in [0.4, 0.5) is 0 Å². The molecular formula is C14H13ClN4. The van der Waals surface area contributed by atoms with E-state index in [0.717, 1.165) is 34.4 Å². The summed E-state index contributed by atoms with van der Waals surface area (Å²) in [7, 11) is 0. The highest BCUT2D eigenvalue weighted by molar-refractivity contribution is 6.29. The van der Waals surface area contributed by atoms with Crippen molar-refractivity contribution in [3.05, 3.63) is 41.4 Å². The summed E-state index contributed by atoms with van der Waals surface area (Å²) in [5.74, 6) is 0. The Morgan fingerprint density at radius 1 is 1.32 bits per heavy atom. The van der Waals surface area contributed by atoms with Crippen molar-refractivity contribution in [3.8, 4) is 11.1 Å². The molecule has 0 saturated heterocycles. The Balaban J connectivity index is 2.31. The van der Waals surface area contributed by atoms with E-state index in [-0.39, 0.29) is 0 Å². The lowest BCUT2D eigenvalue weighted by atomic mass is 10.0. The predicted molar refractivity (Wildman–Crippen MR) is 76.2 cm³/mol. The molecule has 0 spiro atoms. The van der Waals surface area contributed by atoms with Gasteiger partial charge in [-0.15, -0.1) is 0 Å². The van der Waals surface area contributed by atoms with Gasteiger partial charge < -0.3 is 0 Å². The number of aromatic nitrogens is 4. The molecule has 3 aromatic rings. The predicted octanol–water partition coefficient (Wildman–Crippen LogP) is 3.48. The zero-order chi connectivity index (χ0) is 13.4. The van der Waals surface area contributed by atoms with Gasteiger partial charge in [0.25, 0.3) is 0 Å². The van der Waals surface area contributed by atoms with Crippen molar-refractivity contribution in [2.75, 3.05) is 0 Å². The highest BCUT2D eigenvalue weighted by atomic mass is 35.5. The number of hydrogen-bond acceptors (Lipinski definition) is 3. The quantitative estimate of drug-likeness (QED) is 0.671. The normalized spacial score (nSPS) is 11.1. The second-order valence-electron chi connectivity index (χ2n) is 4.38. The van der Waals surface area contributed by atoms with Gasteiger partial charge in [-0.3, -0.25) is 0 Å². The first-order valence-corrected chi connectivity index (χ1v) is 6.52. The molecule has 0 atom stereocenters. The molecule has 0 amide bonds. The van der Waals surface area contributed by atoms with Crippen LogP contribution >= 0.6 is 11.6 Å². The van der Waals surface area contributed by atoms with Gasteiger partial charge in [0, 0.05) is 23.8 Å². The third kappa shape index (κ3) is 2.08. The van der Waals surface area contributed by atoms with Crippen molar-refractivity contribution >= 4 is 22.6 Å². The van der Waals surface area contributed by atoms with Crippen LogP contribution in [0.3, 0.4) is 0 Å². The Morgan fingerprint density at radius 3 is 2.89 bits per heavy atom. The molecule has 4 nitrogen and oxygen atoms in total. The van der Waals surface area contributed by atoms with Gasteiger partial charge in [0.05, 0.1) is 6.20 Å². The maximum absolute atomic E-state index is 5.97. The van der Waals surface area contributed by atoms with E-state index in [1.54, 1.807) is 6.20 Å². The molecular weight excluding hydrogens is 260 g/mol. The van der Waals surface area contributed by atoms with Crippen LogP contribution in [0.15, 0.2) is 30.6 Å². The third-order valence-corrected chi connectivity index (χ3v) is 3.28. The Morgan fingerprint density at radius 2 is 2.16 bits per heavy atom. The average Bonchev–Trinajstić information content (AvgIpc) is 2.80. The Hall–Kier alpha value is -1.94. The summed E-state index contributed by atoms with van der Waals surface area (Å²) < 4.78 is 1.90.